The molecule has 0 aliphatic carbocycles. The third-order valence-corrected chi connectivity index (χ3v) is 5.33. The zero-order chi connectivity index (χ0) is 21.5. The second-order valence-corrected chi connectivity index (χ2v) is 7.42. The van der Waals surface area contributed by atoms with E-state index in [2.05, 4.69) is 10.6 Å². The minimum absolute atomic E-state index is 0.0298. The Hall–Kier alpha value is -3.44. The smallest absolute Gasteiger partial charge is 0.282 e. The normalized spacial score (nSPS) is 12.6. The average Bonchev–Trinajstić information content (AvgIpc) is 2.79. The maximum absolute atomic E-state index is 12.9. The summed E-state index contributed by atoms with van der Waals surface area (Å²) in [6.45, 7) is 2.61. The summed E-state index contributed by atoms with van der Waals surface area (Å²) in [5.74, 6) is -0.134. The summed E-state index contributed by atoms with van der Waals surface area (Å²) in [7, 11) is 3.62. The largest absolute Gasteiger partial charge is 0.355 e. The fourth-order valence-electron chi connectivity index (χ4n) is 3.32. The van der Waals surface area contributed by atoms with Gasteiger partial charge in [-0.05, 0) is 30.7 Å². The summed E-state index contributed by atoms with van der Waals surface area (Å²) in [5, 5.41) is 5.71. The minimum atomic E-state index is -0.243. The van der Waals surface area contributed by atoms with Crippen molar-refractivity contribution in [3.63, 3.8) is 0 Å². The number of hydrogen-bond acceptors (Lipinski definition) is 2. The molecule has 5 heteroatoms. The van der Waals surface area contributed by atoms with Crippen LogP contribution in [0.5, 0.6) is 0 Å². The number of nitrogens with one attached hydrogen (secondary N) is 3. The van der Waals surface area contributed by atoms with E-state index in [0.717, 1.165) is 27.3 Å². The van der Waals surface area contributed by atoms with Gasteiger partial charge in [0, 0.05) is 29.4 Å². The number of quaternary nitrogens is 1. The lowest BCUT2D eigenvalue weighted by Crippen LogP contribution is -3.12. The number of carbonyl (C=O) groups excluding carboxylic acids is 2. The van der Waals surface area contributed by atoms with Crippen LogP contribution in [-0.4, -0.2) is 32.0 Å². The molecule has 3 N–H and O–H groups in total. The van der Waals surface area contributed by atoms with E-state index in [-0.39, 0.29) is 17.9 Å². The number of para-hydroxylation sites is 1. The van der Waals surface area contributed by atoms with E-state index < -0.39 is 0 Å². The highest BCUT2D eigenvalue weighted by Crippen LogP contribution is 2.27. The van der Waals surface area contributed by atoms with Crippen molar-refractivity contribution in [1.82, 2.24) is 5.32 Å². The van der Waals surface area contributed by atoms with Gasteiger partial charge in [-0.3, -0.25) is 9.59 Å². The number of anilines is 1. The van der Waals surface area contributed by atoms with Gasteiger partial charge in [0.05, 0.1) is 7.05 Å². The summed E-state index contributed by atoms with van der Waals surface area (Å²) in [6.07, 6.45) is 0. The van der Waals surface area contributed by atoms with Crippen LogP contribution in [-0.2, 0) is 11.3 Å². The molecule has 154 valence electrons. The third kappa shape index (κ3) is 5.13. The maximum Gasteiger partial charge on any atom is 0.282 e. The van der Waals surface area contributed by atoms with Gasteiger partial charge >= 0.3 is 0 Å². The average molecular weight is 403 g/mol. The van der Waals surface area contributed by atoms with Crippen molar-refractivity contribution >= 4 is 17.5 Å². The molecular formula is C25H28N3O2+. The van der Waals surface area contributed by atoms with Gasteiger partial charge in [0.2, 0.25) is 0 Å². The first-order chi connectivity index (χ1) is 14.5. The van der Waals surface area contributed by atoms with E-state index in [1.54, 1.807) is 7.05 Å². The molecule has 0 aliphatic heterocycles. The van der Waals surface area contributed by atoms with E-state index >= 15 is 0 Å². The first-order valence-corrected chi connectivity index (χ1v) is 10.1. The summed E-state index contributed by atoms with van der Waals surface area (Å²) < 4.78 is 0. The fraction of sp³-hybridized carbons (Fsp3) is 0.200. The Morgan fingerprint density at radius 1 is 0.900 bits per heavy atom. The van der Waals surface area contributed by atoms with E-state index in [9.17, 15) is 9.59 Å². The van der Waals surface area contributed by atoms with Gasteiger partial charge in [-0.15, -0.1) is 0 Å². The minimum Gasteiger partial charge on any atom is -0.355 e. The molecule has 2 amide bonds. The van der Waals surface area contributed by atoms with Crippen molar-refractivity contribution in [3.8, 4) is 11.1 Å². The van der Waals surface area contributed by atoms with Crippen molar-refractivity contribution in [3.05, 3.63) is 90.0 Å². The number of rotatable bonds is 7. The SMILES string of the molecule is CNC(=O)c1ccc(C[NH+](C)[C@@H](C)C(=O)Nc2ccccc2-c2ccccc2)cc1. The predicted molar refractivity (Wildman–Crippen MR) is 120 cm³/mol. The Kier molecular flexibility index (Phi) is 6.99. The van der Waals surface area contributed by atoms with Gasteiger partial charge in [0.25, 0.3) is 11.8 Å². The standard InChI is InChI=1S/C25H27N3O2/c1-18(28(3)17-19-13-15-21(16-14-19)25(30)26-2)24(29)27-23-12-8-7-11-22(23)20-9-5-4-6-10-20/h4-16,18H,17H2,1-3H3,(H,26,30)(H,27,29)/p+1/t18-/m0/s1. The van der Waals surface area contributed by atoms with Crippen LogP contribution in [0, 0.1) is 0 Å². The molecule has 0 saturated heterocycles. The Labute approximate surface area is 177 Å². The van der Waals surface area contributed by atoms with Gasteiger partial charge in [0.1, 0.15) is 6.54 Å². The lowest BCUT2D eigenvalue weighted by Gasteiger charge is -2.22. The summed E-state index contributed by atoms with van der Waals surface area (Å²) in [4.78, 5) is 25.7. The zero-order valence-corrected chi connectivity index (χ0v) is 17.6. The molecule has 0 bridgehead atoms. The Balaban J connectivity index is 1.67. The quantitative estimate of drug-likeness (QED) is 0.569. The Morgan fingerprint density at radius 3 is 2.20 bits per heavy atom. The molecular weight excluding hydrogens is 374 g/mol. The highest BCUT2D eigenvalue weighted by Gasteiger charge is 2.23. The van der Waals surface area contributed by atoms with Gasteiger partial charge < -0.3 is 15.5 Å². The van der Waals surface area contributed by atoms with Crippen LogP contribution in [0.1, 0.15) is 22.8 Å². The zero-order valence-electron chi connectivity index (χ0n) is 17.6. The first kappa shape index (κ1) is 21.3. The van der Waals surface area contributed by atoms with Crippen LogP contribution < -0.4 is 15.5 Å². The molecule has 0 aliphatic rings. The number of hydrogen-bond donors (Lipinski definition) is 3. The molecule has 0 spiro atoms. The van der Waals surface area contributed by atoms with Crippen LogP contribution in [0.15, 0.2) is 78.9 Å². The van der Waals surface area contributed by atoms with E-state index in [1.807, 2.05) is 92.8 Å². The van der Waals surface area contributed by atoms with Crippen molar-refractivity contribution in [2.24, 2.45) is 0 Å². The van der Waals surface area contributed by atoms with E-state index in [4.69, 9.17) is 0 Å². The summed E-state index contributed by atoms with van der Waals surface area (Å²) in [6, 6.07) is 25.1. The van der Waals surface area contributed by atoms with E-state index in [1.165, 1.54) is 0 Å². The lowest BCUT2D eigenvalue weighted by molar-refractivity contribution is -0.907. The van der Waals surface area contributed by atoms with Crippen molar-refractivity contribution < 1.29 is 14.5 Å². The molecule has 0 heterocycles. The van der Waals surface area contributed by atoms with Crippen molar-refractivity contribution in [2.75, 3.05) is 19.4 Å². The number of benzene rings is 3. The van der Waals surface area contributed by atoms with Gasteiger partial charge in [0.15, 0.2) is 6.04 Å². The topological polar surface area (TPSA) is 62.6 Å². The third-order valence-electron chi connectivity index (χ3n) is 5.33. The maximum atomic E-state index is 12.9. The van der Waals surface area contributed by atoms with Gasteiger partial charge in [-0.1, -0.05) is 60.7 Å². The van der Waals surface area contributed by atoms with Crippen LogP contribution in [0.2, 0.25) is 0 Å². The molecule has 0 fully saturated rings. The molecule has 1 unspecified atom stereocenters. The van der Waals surface area contributed by atoms with Crippen molar-refractivity contribution in [1.29, 1.82) is 0 Å². The molecule has 30 heavy (non-hydrogen) atoms. The van der Waals surface area contributed by atoms with Crippen LogP contribution >= 0.6 is 0 Å². The van der Waals surface area contributed by atoms with Crippen LogP contribution in [0.25, 0.3) is 11.1 Å². The monoisotopic (exact) mass is 402 g/mol. The molecule has 3 aromatic rings. The van der Waals surface area contributed by atoms with Gasteiger partial charge in [-0.2, -0.15) is 0 Å². The fourth-order valence-corrected chi connectivity index (χ4v) is 3.32. The molecule has 0 radical (unpaired) electrons. The molecule has 3 rings (SSSR count). The van der Waals surface area contributed by atoms with E-state index in [0.29, 0.717) is 12.1 Å². The molecule has 0 aromatic heterocycles. The highest BCUT2D eigenvalue weighted by atomic mass is 16.2. The second-order valence-electron chi connectivity index (χ2n) is 7.42. The molecule has 3 aromatic carbocycles. The number of amides is 2. The first-order valence-electron chi connectivity index (χ1n) is 10.1. The van der Waals surface area contributed by atoms with Crippen molar-refractivity contribution in [2.45, 2.75) is 19.5 Å². The van der Waals surface area contributed by atoms with Gasteiger partial charge in [-0.25, -0.2) is 0 Å². The molecule has 2 atom stereocenters. The summed E-state index contributed by atoms with van der Waals surface area (Å²) >= 11 is 0. The number of carbonyl (C=O) groups is 2. The summed E-state index contributed by atoms with van der Waals surface area (Å²) in [5.41, 5.74) is 4.58. The van der Waals surface area contributed by atoms with Crippen LogP contribution in [0.4, 0.5) is 5.69 Å². The lowest BCUT2D eigenvalue weighted by atomic mass is 10.0. The Bertz CT molecular complexity index is 1000. The molecule has 0 saturated carbocycles. The molecule has 5 nitrogen and oxygen atoms in total. The highest BCUT2D eigenvalue weighted by molar-refractivity contribution is 5.97. The Morgan fingerprint density at radius 2 is 1.53 bits per heavy atom. The predicted octanol–water partition coefficient (Wildman–Crippen LogP) is 2.76. The second kappa shape index (κ2) is 9.85. The number of likely N-dealkylation sites (N-methyl/N-ethyl adjacent to an activating group) is 1. The van der Waals surface area contributed by atoms with Crippen LogP contribution in [0.3, 0.4) is 0 Å².